The van der Waals surface area contributed by atoms with Crippen molar-refractivity contribution in [2.45, 2.75) is 0 Å². The molecular formula is C10H9ClN2O4. The number of hydrogen-bond donors (Lipinski definition) is 3. The Morgan fingerprint density at radius 3 is 2.41 bits per heavy atom. The number of halogens is 1. The lowest BCUT2D eigenvalue weighted by Crippen LogP contribution is -2.13. The molecule has 0 bridgehead atoms. The number of aromatic carboxylic acids is 2. The number of carboxylic acids is 2. The zero-order valence-electron chi connectivity index (χ0n) is 8.55. The predicted octanol–water partition coefficient (Wildman–Crippen LogP) is 1.31. The van der Waals surface area contributed by atoms with Crippen molar-refractivity contribution in [1.82, 2.24) is 0 Å². The van der Waals surface area contributed by atoms with Gasteiger partial charge >= 0.3 is 11.9 Å². The number of aliphatic imine (C=N–C) groups is 1. The van der Waals surface area contributed by atoms with Crippen molar-refractivity contribution in [3.8, 4) is 0 Å². The average molecular weight is 257 g/mol. The molecule has 0 fully saturated rings. The van der Waals surface area contributed by atoms with E-state index in [4.69, 9.17) is 27.5 Å². The smallest absolute Gasteiger partial charge is 0.337 e. The van der Waals surface area contributed by atoms with Crippen LogP contribution in [-0.2, 0) is 0 Å². The Morgan fingerprint density at radius 2 is 1.94 bits per heavy atom. The molecule has 6 nitrogen and oxygen atoms in total. The van der Waals surface area contributed by atoms with Crippen molar-refractivity contribution < 1.29 is 19.8 Å². The number of hydrogen-bond acceptors (Lipinski definition) is 3. The molecule has 0 saturated heterocycles. The summed E-state index contributed by atoms with van der Waals surface area (Å²) >= 11 is 5.42. The van der Waals surface area contributed by atoms with E-state index in [1.165, 1.54) is 6.07 Å². The normalized spacial score (nSPS) is 11.2. The van der Waals surface area contributed by atoms with E-state index < -0.39 is 11.9 Å². The molecule has 7 heteroatoms. The minimum atomic E-state index is -1.22. The Balaban J connectivity index is 3.35. The third-order valence-electron chi connectivity index (χ3n) is 1.88. The number of nitrogens with zero attached hydrogens (tertiary/aromatic N) is 1. The summed E-state index contributed by atoms with van der Waals surface area (Å²) in [6.45, 7) is 0. The average Bonchev–Trinajstić information content (AvgIpc) is 2.28. The van der Waals surface area contributed by atoms with Crippen molar-refractivity contribution in [3.63, 3.8) is 0 Å². The van der Waals surface area contributed by atoms with E-state index in [2.05, 4.69) is 4.99 Å². The molecule has 4 N–H and O–H groups in total. The molecule has 0 amide bonds. The van der Waals surface area contributed by atoms with Gasteiger partial charge in [-0.3, -0.25) is 0 Å². The molecule has 17 heavy (non-hydrogen) atoms. The summed E-state index contributed by atoms with van der Waals surface area (Å²) in [5.41, 5.74) is 5.14. The van der Waals surface area contributed by atoms with Crippen LogP contribution in [0.1, 0.15) is 20.7 Å². The van der Waals surface area contributed by atoms with Crippen LogP contribution in [0.5, 0.6) is 0 Å². The summed E-state index contributed by atoms with van der Waals surface area (Å²) < 4.78 is 0. The molecule has 1 aromatic carbocycles. The Kier molecular flexibility index (Phi) is 4.06. The standard InChI is InChI=1S/C10H9ClN2O4/c11-4-8(12)13-7-3-5(9(14)15)1-2-6(7)10(16)17/h1-3H,4H2,(H2,12,13)(H,14,15)(H,16,17). The Bertz CT molecular complexity index is 499. The molecule has 1 aromatic rings. The molecule has 0 atom stereocenters. The lowest BCUT2D eigenvalue weighted by atomic mass is 10.1. The number of nitrogens with two attached hydrogens (primary N) is 1. The van der Waals surface area contributed by atoms with Crippen LogP contribution in [0.2, 0.25) is 0 Å². The molecule has 0 aliphatic carbocycles. The fraction of sp³-hybridized carbons (Fsp3) is 0.100. The van der Waals surface area contributed by atoms with Gasteiger partial charge in [-0.15, -0.1) is 11.6 Å². The van der Waals surface area contributed by atoms with Crippen molar-refractivity contribution in [2.75, 3.05) is 5.88 Å². The van der Waals surface area contributed by atoms with Gasteiger partial charge in [-0.25, -0.2) is 14.6 Å². The van der Waals surface area contributed by atoms with E-state index in [9.17, 15) is 9.59 Å². The van der Waals surface area contributed by atoms with Gasteiger partial charge in [0, 0.05) is 0 Å². The van der Waals surface area contributed by atoms with E-state index >= 15 is 0 Å². The first-order valence-electron chi connectivity index (χ1n) is 4.45. The highest BCUT2D eigenvalue weighted by molar-refractivity contribution is 6.28. The molecule has 0 saturated carbocycles. The summed E-state index contributed by atoms with van der Waals surface area (Å²) in [5.74, 6) is -2.46. The first-order chi connectivity index (χ1) is 7.95. The zero-order valence-corrected chi connectivity index (χ0v) is 9.31. The Morgan fingerprint density at radius 1 is 1.29 bits per heavy atom. The van der Waals surface area contributed by atoms with E-state index in [-0.39, 0.29) is 28.5 Å². The second-order valence-electron chi connectivity index (χ2n) is 3.08. The number of carboxylic acid groups (broad SMARTS) is 2. The second-order valence-corrected chi connectivity index (χ2v) is 3.35. The van der Waals surface area contributed by atoms with E-state index in [0.29, 0.717) is 0 Å². The fourth-order valence-corrected chi connectivity index (χ4v) is 1.18. The lowest BCUT2D eigenvalue weighted by Gasteiger charge is -2.03. The predicted molar refractivity (Wildman–Crippen MR) is 62.4 cm³/mol. The van der Waals surface area contributed by atoms with Crippen LogP contribution in [0, 0.1) is 0 Å². The molecule has 0 aliphatic heterocycles. The van der Waals surface area contributed by atoms with E-state index in [1.54, 1.807) is 0 Å². The highest BCUT2D eigenvalue weighted by Crippen LogP contribution is 2.21. The number of carbonyl (C=O) groups is 2. The topological polar surface area (TPSA) is 113 Å². The molecule has 90 valence electrons. The molecule has 0 unspecified atom stereocenters. The molecule has 0 aromatic heterocycles. The summed E-state index contributed by atoms with van der Waals surface area (Å²) in [7, 11) is 0. The number of alkyl halides is 1. The van der Waals surface area contributed by atoms with Crippen LogP contribution in [0.3, 0.4) is 0 Å². The maximum Gasteiger partial charge on any atom is 0.337 e. The van der Waals surface area contributed by atoms with Gasteiger partial charge in [0.25, 0.3) is 0 Å². The largest absolute Gasteiger partial charge is 0.478 e. The van der Waals surface area contributed by atoms with E-state index in [1.807, 2.05) is 0 Å². The molecule has 0 aliphatic rings. The third kappa shape index (κ3) is 3.18. The first-order valence-corrected chi connectivity index (χ1v) is 4.98. The number of rotatable bonds is 4. The van der Waals surface area contributed by atoms with Gasteiger partial charge in [0.05, 0.1) is 22.7 Å². The third-order valence-corrected chi connectivity index (χ3v) is 2.15. The number of amidine groups is 1. The van der Waals surface area contributed by atoms with Crippen LogP contribution >= 0.6 is 11.6 Å². The highest BCUT2D eigenvalue weighted by atomic mass is 35.5. The molecule has 0 radical (unpaired) electrons. The zero-order chi connectivity index (χ0) is 13.0. The minimum Gasteiger partial charge on any atom is -0.478 e. The summed E-state index contributed by atoms with van der Waals surface area (Å²) in [5, 5.41) is 17.7. The summed E-state index contributed by atoms with van der Waals surface area (Å²) in [4.78, 5) is 25.4. The molecule has 0 heterocycles. The van der Waals surface area contributed by atoms with Crippen molar-refractivity contribution in [1.29, 1.82) is 0 Å². The van der Waals surface area contributed by atoms with Gasteiger partial charge in [0.2, 0.25) is 0 Å². The fourth-order valence-electron chi connectivity index (χ4n) is 1.12. The van der Waals surface area contributed by atoms with Crippen molar-refractivity contribution in [2.24, 2.45) is 10.7 Å². The summed E-state index contributed by atoms with van der Waals surface area (Å²) in [6.07, 6.45) is 0. The van der Waals surface area contributed by atoms with Crippen LogP contribution < -0.4 is 5.73 Å². The first kappa shape index (κ1) is 13.0. The van der Waals surface area contributed by atoms with E-state index in [0.717, 1.165) is 12.1 Å². The van der Waals surface area contributed by atoms with Crippen LogP contribution in [-0.4, -0.2) is 33.9 Å². The molecule has 0 spiro atoms. The minimum absolute atomic E-state index is 0.0108. The number of benzene rings is 1. The van der Waals surface area contributed by atoms with Gasteiger partial charge in [-0.2, -0.15) is 0 Å². The van der Waals surface area contributed by atoms with Crippen LogP contribution in [0.4, 0.5) is 5.69 Å². The maximum absolute atomic E-state index is 10.9. The summed E-state index contributed by atoms with van der Waals surface area (Å²) in [6, 6.07) is 3.47. The Labute approximate surface area is 101 Å². The van der Waals surface area contributed by atoms with Gasteiger partial charge in [0.15, 0.2) is 0 Å². The maximum atomic E-state index is 10.9. The van der Waals surface area contributed by atoms with Gasteiger partial charge < -0.3 is 15.9 Å². The second kappa shape index (κ2) is 5.31. The van der Waals surface area contributed by atoms with Crippen molar-refractivity contribution >= 4 is 35.1 Å². The SMILES string of the molecule is NC(CCl)=Nc1cc(C(=O)O)ccc1C(=O)O. The van der Waals surface area contributed by atoms with Crippen LogP contribution in [0.15, 0.2) is 23.2 Å². The monoisotopic (exact) mass is 256 g/mol. The van der Waals surface area contributed by atoms with Gasteiger partial charge in [0.1, 0.15) is 5.84 Å². The van der Waals surface area contributed by atoms with Crippen molar-refractivity contribution in [3.05, 3.63) is 29.3 Å². The molecular weight excluding hydrogens is 248 g/mol. The molecule has 1 rings (SSSR count). The highest BCUT2D eigenvalue weighted by Gasteiger charge is 2.13. The Hall–Kier alpha value is -2.08. The van der Waals surface area contributed by atoms with Gasteiger partial charge in [-0.1, -0.05) is 0 Å². The quantitative estimate of drug-likeness (QED) is 0.427. The lowest BCUT2D eigenvalue weighted by molar-refractivity contribution is 0.0682. The van der Waals surface area contributed by atoms with Crippen LogP contribution in [0.25, 0.3) is 0 Å². The van der Waals surface area contributed by atoms with Gasteiger partial charge in [-0.05, 0) is 18.2 Å².